The van der Waals surface area contributed by atoms with Gasteiger partial charge in [-0.25, -0.2) is 4.79 Å². The molecule has 1 N–H and O–H groups in total. The summed E-state index contributed by atoms with van der Waals surface area (Å²) in [6, 6.07) is 5.95. The second-order valence-corrected chi connectivity index (χ2v) is 9.10. The Labute approximate surface area is 181 Å². The first kappa shape index (κ1) is 22.7. The third-order valence-corrected chi connectivity index (χ3v) is 6.44. The molecule has 2 aliphatic rings. The van der Waals surface area contributed by atoms with Crippen LogP contribution >= 0.6 is 0 Å². The molecule has 1 aromatic carbocycles. The van der Waals surface area contributed by atoms with E-state index in [-0.39, 0.29) is 12.1 Å². The van der Waals surface area contributed by atoms with Crippen LogP contribution in [0.15, 0.2) is 18.2 Å². The summed E-state index contributed by atoms with van der Waals surface area (Å²) in [4.78, 5) is 17.4. The summed E-state index contributed by atoms with van der Waals surface area (Å²) in [6.45, 7) is 9.81. The number of piperidine rings is 1. The van der Waals surface area contributed by atoms with Gasteiger partial charge in [0.15, 0.2) is 0 Å². The van der Waals surface area contributed by atoms with Crippen LogP contribution in [0.2, 0.25) is 0 Å². The number of carbonyl (C=O) groups excluding carboxylic acids is 1. The Hall–Kier alpha value is -1.95. The lowest BCUT2D eigenvalue weighted by atomic mass is 9.92. The summed E-state index contributed by atoms with van der Waals surface area (Å²) in [5.74, 6) is 3.15. The minimum absolute atomic E-state index is 0.0376. The van der Waals surface area contributed by atoms with Crippen molar-refractivity contribution < 1.29 is 14.3 Å². The van der Waals surface area contributed by atoms with Crippen LogP contribution in [-0.2, 0) is 0 Å². The Balaban J connectivity index is 1.46. The van der Waals surface area contributed by atoms with Crippen molar-refractivity contribution in [2.24, 2.45) is 11.8 Å². The normalized spacial score (nSPS) is 24.7. The van der Waals surface area contributed by atoms with E-state index in [1.807, 2.05) is 23.1 Å². The molecule has 0 spiro atoms. The average molecular weight is 418 g/mol. The van der Waals surface area contributed by atoms with Crippen molar-refractivity contribution in [2.45, 2.75) is 52.0 Å². The van der Waals surface area contributed by atoms with E-state index in [0.29, 0.717) is 0 Å². The van der Waals surface area contributed by atoms with Crippen molar-refractivity contribution in [3.8, 4) is 11.5 Å². The molecule has 2 fully saturated rings. The molecule has 2 amide bonds. The maximum atomic E-state index is 12.8. The van der Waals surface area contributed by atoms with Crippen molar-refractivity contribution in [1.29, 1.82) is 0 Å². The van der Waals surface area contributed by atoms with Crippen molar-refractivity contribution in [1.82, 2.24) is 15.1 Å². The minimum atomic E-state index is 0.0376. The number of unbranched alkanes of at least 4 members (excludes halogenated alkanes) is 1. The number of hydrogen-bond acceptors (Lipinski definition) is 4. The molecule has 0 aromatic heterocycles. The van der Waals surface area contributed by atoms with Crippen LogP contribution in [0, 0.1) is 11.8 Å². The lowest BCUT2D eigenvalue weighted by Gasteiger charge is -2.35. The molecule has 2 aliphatic heterocycles. The second kappa shape index (κ2) is 10.9. The van der Waals surface area contributed by atoms with E-state index in [9.17, 15) is 4.79 Å². The van der Waals surface area contributed by atoms with Gasteiger partial charge in [-0.1, -0.05) is 13.8 Å². The second-order valence-electron chi connectivity index (χ2n) is 9.10. The third kappa shape index (κ3) is 5.81. The highest BCUT2D eigenvalue weighted by Gasteiger charge is 2.32. The number of ether oxygens (including phenoxy) is 2. The average Bonchev–Trinajstić information content (AvgIpc) is 3.22. The molecule has 3 atom stereocenters. The monoisotopic (exact) mass is 417 g/mol. The van der Waals surface area contributed by atoms with Gasteiger partial charge in [0.1, 0.15) is 11.5 Å². The van der Waals surface area contributed by atoms with Crippen LogP contribution < -0.4 is 14.8 Å². The predicted molar refractivity (Wildman–Crippen MR) is 120 cm³/mol. The van der Waals surface area contributed by atoms with E-state index in [4.69, 9.17) is 9.47 Å². The molecular weight excluding hydrogens is 378 g/mol. The van der Waals surface area contributed by atoms with Gasteiger partial charge in [-0.05, 0) is 62.6 Å². The zero-order valence-electron chi connectivity index (χ0n) is 19.2. The van der Waals surface area contributed by atoms with E-state index >= 15 is 0 Å². The van der Waals surface area contributed by atoms with E-state index in [2.05, 4.69) is 24.1 Å². The Morgan fingerprint density at radius 3 is 2.60 bits per heavy atom. The lowest BCUT2D eigenvalue weighted by molar-refractivity contribution is 0.139. The Morgan fingerprint density at radius 2 is 1.90 bits per heavy atom. The summed E-state index contributed by atoms with van der Waals surface area (Å²) in [5, 5.41) is 3.14. The molecule has 168 valence electrons. The zero-order chi connectivity index (χ0) is 21.5. The number of nitrogens with one attached hydrogen (secondary N) is 1. The standard InChI is InChI=1S/C24H39N3O3/c1-18-14-19(2)17-26(16-18)12-6-5-11-25-24(28)27-13-7-8-22(27)21-10-9-20(29-3)15-23(21)30-4/h9-10,15,18-19,22H,5-8,11-14,16-17H2,1-4H3,(H,25,28). The first-order valence-electron chi connectivity index (χ1n) is 11.5. The molecule has 2 saturated heterocycles. The van der Waals surface area contributed by atoms with Crippen molar-refractivity contribution in [2.75, 3.05) is 46.9 Å². The summed E-state index contributed by atoms with van der Waals surface area (Å²) < 4.78 is 10.9. The Kier molecular flexibility index (Phi) is 8.25. The highest BCUT2D eigenvalue weighted by molar-refractivity contribution is 5.75. The Bertz CT molecular complexity index is 686. The summed E-state index contributed by atoms with van der Waals surface area (Å²) in [5.41, 5.74) is 1.05. The summed E-state index contributed by atoms with van der Waals surface area (Å²) >= 11 is 0. The fourth-order valence-electron chi connectivity index (χ4n) is 5.16. The van der Waals surface area contributed by atoms with Gasteiger partial charge in [-0.3, -0.25) is 0 Å². The van der Waals surface area contributed by atoms with Crippen LogP contribution in [0.3, 0.4) is 0 Å². The Morgan fingerprint density at radius 1 is 1.13 bits per heavy atom. The van der Waals surface area contributed by atoms with Gasteiger partial charge in [0, 0.05) is 37.8 Å². The molecule has 6 nitrogen and oxygen atoms in total. The van der Waals surface area contributed by atoms with Gasteiger partial charge in [-0.15, -0.1) is 0 Å². The first-order valence-corrected chi connectivity index (χ1v) is 11.5. The van der Waals surface area contributed by atoms with Crippen molar-refractivity contribution in [3.63, 3.8) is 0 Å². The SMILES string of the molecule is COc1ccc(C2CCCN2C(=O)NCCCCN2CC(C)CC(C)C2)c(OC)c1. The van der Waals surface area contributed by atoms with Gasteiger partial charge in [0.25, 0.3) is 0 Å². The fourth-order valence-corrected chi connectivity index (χ4v) is 5.16. The largest absolute Gasteiger partial charge is 0.497 e. The number of hydrogen-bond donors (Lipinski definition) is 1. The molecular formula is C24H39N3O3. The maximum absolute atomic E-state index is 12.8. The van der Waals surface area contributed by atoms with Crippen LogP contribution in [0.5, 0.6) is 11.5 Å². The molecule has 6 heteroatoms. The van der Waals surface area contributed by atoms with E-state index in [0.717, 1.165) is 74.2 Å². The number of likely N-dealkylation sites (tertiary alicyclic amines) is 2. The van der Waals surface area contributed by atoms with Crippen molar-refractivity contribution >= 4 is 6.03 Å². The fraction of sp³-hybridized carbons (Fsp3) is 0.708. The molecule has 1 aromatic rings. The zero-order valence-corrected chi connectivity index (χ0v) is 19.2. The van der Waals surface area contributed by atoms with Crippen molar-refractivity contribution in [3.05, 3.63) is 23.8 Å². The molecule has 0 bridgehead atoms. The molecule has 0 aliphatic carbocycles. The first-order chi connectivity index (χ1) is 14.5. The number of urea groups is 1. The van der Waals surface area contributed by atoms with Crippen LogP contribution in [0.25, 0.3) is 0 Å². The number of carbonyl (C=O) groups is 1. The highest BCUT2D eigenvalue weighted by atomic mass is 16.5. The molecule has 2 heterocycles. The van der Waals surface area contributed by atoms with Crippen LogP contribution in [0.4, 0.5) is 4.79 Å². The van der Waals surface area contributed by atoms with E-state index < -0.39 is 0 Å². The number of nitrogens with zero attached hydrogens (tertiary/aromatic N) is 2. The summed E-state index contributed by atoms with van der Waals surface area (Å²) in [7, 11) is 3.32. The summed E-state index contributed by atoms with van der Waals surface area (Å²) in [6.07, 6.45) is 5.48. The lowest BCUT2D eigenvalue weighted by Crippen LogP contribution is -2.41. The minimum Gasteiger partial charge on any atom is -0.497 e. The van der Waals surface area contributed by atoms with E-state index in [1.165, 1.54) is 19.5 Å². The number of methoxy groups -OCH3 is 2. The number of benzene rings is 1. The van der Waals surface area contributed by atoms with E-state index in [1.54, 1.807) is 14.2 Å². The van der Waals surface area contributed by atoms with Crippen LogP contribution in [-0.4, -0.2) is 62.8 Å². The number of amides is 2. The van der Waals surface area contributed by atoms with Gasteiger partial charge < -0.3 is 24.6 Å². The van der Waals surface area contributed by atoms with Gasteiger partial charge >= 0.3 is 6.03 Å². The third-order valence-electron chi connectivity index (χ3n) is 6.44. The molecule has 3 rings (SSSR count). The maximum Gasteiger partial charge on any atom is 0.317 e. The molecule has 0 radical (unpaired) electrons. The topological polar surface area (TPSA) is 54.0 Å². The molecule has 0 saturated carbocycles. The van der Waals surface area contributed by atoms with Gasteiger partial charge in [-0.2, -0.15) is 0 Å². The quantitative estimate of drug-likeness (QED) is 0.641. The smallest absolute Gasteiger partial charge is 0.317 e. The van der Waals surface area contributed by atoms with Crippen LogP contribution in [0.1, 0.15) is 57.6 Å². The molecule has 30 heavy (non-hydrogen) atoms. The predicted octanol–water partition coefficient (Wildman–Crippen LogP) is 4.31. The molecule has 3 unspecified atom stereocenters. The number of rotatable bonds is 8. The van der Waals surface area contributed by atoms with Gasteiger partial charge in [0.05, 0.1) is 20.3 Å². The highest BCUT2D eigenvalue weighted by Crippen LogP contribution is 2.38. The van der Waals surface area contributed by atoms with Gasteiger partial charge in [0.2, 0.25) is 0 Å².